The maximum atomic E-state index is 10.3. The Morgan fingerprint density at radius 2 is 0.606 bits per heavy atom. The molecule has 0 aliphatic carbocycles. The minimum absolute atomic E-state index is 0. The number of rotatable bonds is 15. The Morgan fingerprint density at radius 1 is 0.424 bits per heavy atom. The number of unbranched alkanes of at least 4 members (excludes halogenated alkanes) is 9. The van der Waals surface area contributed by atoms with Gasteiger partial charge in [-0.25, -0.2) is 0 Å². The smallest absolute Gasteiger partial charge is 1.00 e. The van der Waals surface area contributed by atoms with Crippen molar-refractivity contribution in [3.8, 4) is 0 Å². The van der Waals surface area contributed by atoms with E-state index < -0.39 is 22.8 Å². The molecule has 0 atom stereocenters. The van der Waals surface area contributed by atoms with Crippen LogP contribution in [0.15, 0.2) is 0 Å². The monoisotopic (exact) mass is 570 g/mol. The second-order valence-electron chi connectivity index (χ2n) is 7.35. The summed E-state index contributed by atoms with van der Waals surface area (Å²) < 4.78 is 30.9. The van der Waals surface area contributed by atoms with E-state index in [1.54, 1.807) is 0 Å². The molecule has 0 aromatic heterocycles. The molecule has 0 heterocycles. The van der Waals surface area contributed by atoms with Crippen LogP contribution in [-0.2, 0) is 13.7 Å². The molecule has 0 aliphatic rings. The second-order valence-corrected chi connectivity index (χ2v) is 12.7. The zero-order valence-electron chi connectivity index (χ0n) is 24.9. The molecule has 0 bridgehead atoms. The van der Waals surface area contributed by atoms with Crippen molar-refractivity contribution in [3.05, 3.63) is 0 Å². The minimum Gasteiger partial charge on any atom is -1.00 e. The Bertz CT molecular complexity index is 455. The van der Waals surface area contributed by atoms with E-state index in [0.29, 0.717) is 19.3 Å². The van der Waals surface area contributed by atoms with Crippen LogP contribution in [-0.4, -0.2) is 47.8 Å². The van der Waals surface area contributed by atoms with Crippen molar-refractivity contribution >= 4 is 22.8 Å². The number of hydrogen-bond donors (Lipinski definition) is 6. The first-order valence-corrected chi connectivity index (χ1v) is 16.2. The van der Waals surface area contributed by atoms with Crippen molar-refractivity contribution in [2.24, 2.45) is 0 Å². The molecule has 0 amide bonds. The molecule has 0 aliphatic heterocycles. The topological polar surface area (TPSA) is 173 Å². The molecular weight excluding hydrogens is 522 g/mol. The molecule has 0 saturated carbocycles. The number of hydrogen-bond acceptors (Lipinski definition) is 3. The van der Waals surface area contributed by atoms with Gasteiger partial charge in [-0.15, -0.1) is 0 Å². The van der Waals surface area contributed by atoms with Crippen LogP contribution in [0.5, 0.6) is 0 Å². The van der Waals surface area contributed by atoms with Crippen molar-refractivity contribution in [3.63, 3.8) is 0 Å². The summed E-state index contributed by atoms with van der Waals surface area (Å²) in [6.07, 6.45) is 11.4. The predicted molar refractivity (Wildman–Crippen MR) is 126 cm³/mol. The third-order valence-electron chi connectivity index (χ3n) is 3.91. The zero-order chi connectivity index (χ0) is 24.1. The van der Waals surface area contributed by atoms with Gasteiger partial charge in [0.25, 0.3) is 0 Å². The van der Waals surface area contributed by atoms with E-state index in [-0.39, 0.29) is 111 Å². The Balaban J connectivity index is -0.0000000401. The van der Waals surface area contributed by atoms with Gasteiger partial charge in [-0.05, 0) is 19.3 Å². The van der Waals surface area contributed by atoms with Crippen LogP contribution < -0.4 is 88.7 Å². The summed E-state index contributed by atoms with van der Waals surface area (Å²) in [5, 5.41) is 0. The van der Waals surface area contributed by atoms with E-state index in [2.05, 4.69) is 20.8 Å². The van der Waals surface area contributed by atoms with Crippen LogP contribution >= 0.6 is 22.8 Å². The average molecular weight is 570 g/mol. The maximum absolute atomic E-state index is 10.3. The third kappa shape index (κ3) is 66.4. The fourth-order valence-corrected chi connectivity index (χ4v) is 4.14. The maximum Gasteiger partial charge on any atom is 1.00 e. The standard InChI is InChI=1S/3C6H15O3P.3Na.3H/c3*1-2-3-4-5-6-10(7,8)9;;;;;;/h3*2-6H2,1H3,(H2,7,8,9);;;;;;/q;;;3*+1;3*-1. The van der Waals surface area contributed by atoms with Crippen LogP contribution in [0.1, 0.15) is 102 Å². The van der Waals surface area contributed by atoms with Gasteiger partial charge < -0.3 is 33.6 Å². The Morgan fingerprint density at radius 3 is 0.727 bits per heavy atom. The van der Waals surface area contributed by atoms with E-state index >= 15 is 0 Å². The SMILES string of the molecule is CCCCCCP(=O)(O)O.CCCCCCP(=O)(O)O.CCCCCCP(=O)(O)O.[H-].[H-].[H-].[Na+].[Na+].[Na+]. The quantitative estimate of drug-likeness (QED) is 0.0667. The largest absolute Gasteiger partial charge is 1.00 e. The molecule has 0 saturated heterocycles. The zero-order valence-corrected chi connectivity index (χ0v) is 30.5. The summed E-state index contributed by atoms with van der Waals surface area (Å²) in [6.45, 7) is 6.20. The van der Waals surface area contributed by atoms with E-state index in [4.69, 9.17) is 29.4 Å². The average Bonchev–Trinajstić information content (AvgIpc) is 2.58. The normalized spacial score (nSPS) is 10.8. The molecule has 0 rings (SSSR count). The molecule has 0 unspecified atom stereocenters. The van der Waals surface area contributed by atoms with Gasteiger partial charge in [0.05, 0.1) is 0 Å². The molecule has 0 spiro atoms. The first kappa shape index (κ1) is 49.4. The van der Waals surface area contributed by atoms with E-state index in [9.17, 15) is 13.7 Å². The first-order valence-electron chi connectivity index (χ1n) is 10.8. The molecule has 0 aromatic rings. The minimum atomic E-state index is -3.71. The van der Waals surface area contributed by atoms with Crippen LogP contribution in [0.2, 0.25) is 0 Å². The van der Waals surface area contributed by atoms with Gasteiger partial charge in [-0.2, -0.15) is 0 Å². The summed E-state index contributed by atoms with van der Waals surface area (Å²) in [4.78, 5) is 50.6. The van der Waals surface area contributed by atoms with Crippen LogP contribution in [0, 0.1) is 0 Å². The van der Waals surface area contributed by atoms with Crippen molar-refractivity contribution in [1.82, 2.24) is 0 Å². The predicted octanol–water partition coefficient (Wildman–Crippen LogP) is -3.42. The molecule has 0 fully saturated rings. The van der Waals surface area contributed by atoms with Crippen LogP contribution in [0.25, 0.3) is 0 Å². The van der Waals surface area contributed by atoms with Gasteiger partial charge in [-0.3, -0.25) is 13.7 Å². The summed E-state index contributed by atoms with van der Waals surface area (Å²) in [5.74, 6) is 0. The van der Waals surface area contributed by atoms with E-state index in [1.807, 2.05) is 0 Å². The van der Waals surface area contributed by atoms with E-state index in [0.717, 1.165) is 57.8 Å². The molecule has 0 aromatic carbocycles. The first-order chi connectivity index (χ1) is 13.7. The van der Waals surface area contributed by atoms with E-state index in [1.165, 1.54) is 0 Å². The molecule has 9 nitrogen and oxygen atoms in total. The Kier molecular flexibility index (Phi) is 47.4. The molecule has 15 heteroatoms. The third-order valence-corrected chi connectivity index (χ3v) is 6.61. The van der Waals surface area contributed by atoms with Crippen molar-refractivity contribution in [1.29, 1.82) is 0 Å². The Labute approximate surface area is 272 Å². The van der Waals surface area contributed by atoms with Crippen molar-refractivity contribution in [2.45, 2.75) is 97.8 Å². The van der Waals surface area contributed by atoms with Gasteiger partial charge in [0.15, 0.2) is 0 Å². The summed E-state index contributed by atoms with van der Waals surface area (Å²) in [5.41, 5.74) is 0. The fourth-order valence-electron chi connectivity index (χ4n) is 2.23. The fraction of sp³-hybridized carbons (Fsp3) is 1.00. The van der Waals surface area contributed by atoms with Gasteiger partial charge >= 0.3 is 111 Å². The van der Waals surface area contributed by atoms with Gasteiger partial charge in [-0.1, -0.05) is 78.6 Å². The van der Waals surface area contributed by atoms with Gasteiger partial charge in [0, 0.05) is 18.5 Å². The van der Waals surface area contributed by atoms with Crippen LogP contribution in [0.4, 0.5) is 0 Å². The summed E-state index contributed by atoms with van der Waals surface area (Å²) in [7, 11) is -11.1. The van der Waals surface area contributed by atoms with Crippen molar-refractivity contribution < 1.29 is 136 Å². The summed E-state index contributed by atoms with van der Waals surface area (Å²) in [6, 6.07) is 0. The van der Waals surface area contributed by atoms with Gasteiger partial charge in [0.2, 0.25) is 0 Å². The van der Waals surface area contributed by atoms with Gasteiger partial charge in [0.1, 0.15) is 0 Å². The Hall–Kier alpha value is 3.45. The second kappa shape index (κ2) is 31.7. The summed E-state index contributed by atoms with van der Waals surface area (Å²) >= 11 is 0. The molecule has 192 valence electrons. The van der Waals surface area contributed by atoms with Crippen LogP contribution in [0.3, 0.4) is 0 Å². The molecule has 0 radical (unpaired) electrons. The van der Waals surface area contributed by atoms with Crippen molar-refractivity contribution in [2.75, 3.05) is 18.5 Å². The molecular formula is C18H48Na3O9P3. The molecule has 33 heavy (non-hydrogen) atoms. The molecule has 6 N–H and O–H groups in total.